The summed E-state index contributed by atoms with van der Waals surface area (Å²) in [6, 6.07) is 0. The molecule has 49 heteroatoms. The molecule has 0 spiro atoms. The summed E-state index contributed by atoms with van der Waals surface area (Å²) in [5, 5.41) is 37.7. The first-order valence-corrected chi connectivity index (χ1v) is 46.8. The van der Waals surface area contributed by atoms with E-state index in [9.17, 15) is 28.8 Å². The molecule has 0 aliphatic heterocycles. The third kappa shape index (κ3) is 46.4. The minimum atomic E-state index is -0.328. The van der Waals surface area contributed by atoms with Crippen LogP contribution in [0.1, 0.15) is 157 Å². The molecule has 668 valence electrons. The summed E-state index contributed by atoms with van der Waals surface area (Å²) < 4.78 is 32.1. The Morgan fingerprint density at radius 2 is 0.397 bits per heavy atom. The van der Waals surface area contributed by atoms with Crippen LogP contribution in [0.3, 0.4) is 0 Å². The maximum absolute atomic E-state index is 12.6. The third-order valence-electron chi connectivity index (χ3n) is 15.4. The average molecular weight is 1800 g/mol. The second-order valence-corrected chi connectivity index (χ2v) is 32.0. The standard InChI is InChI=1S/C72H117N31O12S6/c1-7-13-37-110-49(104)19-43-116-67-87-55(74)86-56(93-67)76-27-28-77-59-89-60(97-69(96-59)118-45-21-51(106)112-39-15-9-3)80-31-32-81-63-91-64(101-71(100-63)120-47-23-53(108)114-41-17-11-5)84-35-36-85-66-92-65(102-72(103-66)121-48-24-54(109)115-42-18-12-6)83-34-33-82-62-90-61(98-70(99-62)119-46-22-52(107)113-40-16-10-4)79-30-29-78-58-88-57(75-26-25-73)94-68(95-58)117-44-20-50(105)111-38-14-8-2/h7-48,73H2,1-6H3,(H3,74,76,86,87,93)(H2,75,78,88,94,95)(H2,77,80,89,96,97)(H2,79,82,90,98,99)(H2,81,84,91,100,101)(H2,83,85,92,102,103). The van der Waals surface area contributed by atoms with Crippen molar-refractivity contribution in [1.82, 2.24) is 89.7 Å². The number of nitrogens with one attached hydrogen (secondary N) is 11. The van der Waals surface area contributed by atoms with E-state index in [-0.39, 0.29) is 173 Å². The van der Waals surface area contributed by atoms with E-state index in [1.807, 2.05) is 41.5 Å². The number of nitrogens with zero attached hydrogens (tertiary/aromatic N) is 18. The summed E-state index contributed by atoms with van der Waals surface area (Å²) >= 11 is 7.65. The van der Waals surface area contributed by atoms with Gasteiger partial charge in [-0.25, -0.2) is 0 Å². The topological polar surface area (TPSA) is 574 Å². The highest BCUT2D eigenvalue weighted by Crippen LogP contribution is 2.25. The molecule has 0 aliphatic carbocycles. The fourth-order valence-electron chi connectivity index (χ4n) is 9.11. The van der Waals surface area contributed by atoms with Crippen LogP contribution in [-0.2, 0) is 57.2 Å². The molecule has 0 unspecified atom stereocenters. The number of nitrogen functional groups attached to an aromatic ring is 1. The zero-order valence-electron chi connectivity index (χ0n) is 69.8. The largest absolute Gasteiger partial charge is 0.466 e. The van der Waals surface area contributed by atoms with Crippen molar-refractivity contribution < 1.29 is 57.2 Å². The van der Waals surface area contributed by atoms with Gasteiger partial charge in [0, 0.05) is 113 Å². The van der Waals surface area contributed by atoms with E-state index >= 15 is 0 Å². The van der Waals surface area contributed by atoms with Gasteiger partial charge < -0.3 is 98.4 Å². The van der Waals surface area contributed by atoms with Gasteiger partial charge in [-0.15, -0.1) is 0 Å². The van der Waals surface area contributed by atoms with Crippen molar-refractivity contribution in [2.45, 2.75) is 188 Å². The molecule has 121 heavy (non-hydrogen) atoms. The number of anilines is 12. The van der Waals surface area contributed by atoms with Gasteiger partial charge in [0.1, 0.15) is 0 Å². The Balaban J connectivity index is 1.11. The lowest BCUT2D eigenvalue weighted by molar-refractivity contribution is -0.144. The molecule has 0 saturated carbocycles. The minimum Gasteiger partial charge on any atom is -0.466 e. The van der Waals surface area contributed by atoms with Gasteiger partial charge in [0.25, 0.3) is 0 Å². The number of unbranched alkanes of at least 4 members (excludes halogenated alkanes) is 6. The first kappa shape index (κ1) is 100. The Hall–Kier alpha value is -9.46. The van der Waals surface area contributed by atoms with Crippen molar-refractivity contribution in [3.8, 4) is 0 Å². The van der Waals surface area contributed by atoms with Crippen molar-refractivity contribution >= 4 is 178 Å². The molecular formula is C72H117N31O12S6. The maximum atomic E-state index is 12.6. The molecule has 0 bridgehead atoms. The number of carbonyl (C=O) groups excluding carboxylic acids is 6. The van der Waals surface area contributed by atoms with Crippen LogP contribution in [0.2, 0.25) is 0 Å². The smallest absolute Gasteiger partial charge is 0.306 e. The van der Waals surface area contributed by atoms with Crippen LogP contribution in [-0.4, -0.2) is 278 Å². The SMILES string of the molecule is CCCCOC(=O)CCSc1nc(N)nc(NCCNc2nc(NCCNc3nc(NCCNc4nc(NCCNc5nc(NCCNc6nc(NCCN)nc(SCCC(=O)OCCCC)n6)nc(SCCC(=O)OCCCC)n5)nc(SCCC(=O)OCCCC)n4)nc(SCCC(=O)OCCCC)n3)nc(SCCC(=O)OCCCC)n2)n1. The molecule has 6 aromatic rings. The van der Waals surface area contributed by atoms with Crippen molar-refractivity contribution in [3.63, 3.8) is 0 Å². The first-order chi connectivity index (χ1) is 59.0. The third-order valence-corrected chi connectivity index (χ3v) is 20.5. The molecule has 0 fully saturated rings. The van der Waals surface area contributed by atoms with Crippen molar-refractivity contribution in [3.05, 3.63) is 0 Å². The Morgan fingerprint density at radius 1 is 0.240 bits per heavy atom. The highest BCUT2D eigenvalue weighted by Gasteiger charge is 2.19. The van der Waals surface area contributed by atoms with E-state index in [1.165, 1.54) is 70.6 Å². The van der Waals surface area contributed by atoms with Gasteiger partial charge in [0.2, 0.25) is 71.4 Å². The van der Waals surface area contributed by atoms with Gasteiger partial charge >= 0.3 is 35.8 Å². The molecule has 6 heterocycles. The van der Waals surface area contributed by atoms with Crippen LogP contribution < -0.4 is 70.0 Å². The summed E-state index contributed by atoms with van der Waals surface area (Å²) in [6.07, 6.45) is 11.0. The fraction of sp³-hybridized carbons (Fsp3) is 0.667. The van der Waals surface area contributed by atoms with Gasteiger partial charge in [0.05, 0.1) is 78.2 Å². The first-order valence-electron chi connectivity index (χ1n) is 40.9. The Labute approximate surface area is 730 Å². The second kappa shape index (κ2) is 62.6. The normalized spacial score (nSPS) is 10.9. The fourth-order valence-corrected chi connectivity index (χ4v) is 13.6. The Kier molecular flexibility index (Phi) is 51.9. The number of rotatable bonds is 70. The lowest BCUT2D eigenvalue weighted by Gasteiger charge is -2.13. The molecule has 0 radical (unpaired) electrons. The number of hydrogen-bond acceptors (Lipinski definition) is 49. The average Bonchev–Trinajstić information content (AvgIpc) is 0.881. The highest BCUT2D eigenvalue weighted by atomic mass is 32.2. The van der Waals surface area contributed by atoms with Crippen LogP contribution in [0, 0.1) is 0 Å². The maximum Gasteiger partial charge on any atom is 0.306 e. The monoisotopic (exact) mass is 1800 g/mol. The Bertz CT molecular complexity index is 4020. The number of nitrogens with two attached hydrogens (primary N) is 2. The summed E-state index contributed by atoms with van der Waals surface area (Å²) in [5.41, 5.74) is 11.8. The van der Waals surface area contributed by atoms with Crippen LogP contribution in [0.5, 0.6) is 0 Å². The molecule has 0 amide bonds. The number of esters is 6. The lowest BCUT2D eigenvalue weighted by atomic mass is 10.4. The molecule has 0 atom stereocenters. The van der Waals surface area contributed by atoms with Gasteiger partial charge in [-0.05, 0) is 38.5 Å². The minimum absolute atomic E-state index is 0.0158. The summed E-state index contributed by atoms with van der Waals surface area (Å²) in [7, 11) is 0. The van der Waals surface area contributed by atoms with E-state index in [4.69, 9.17) is 39.9 Å². The summed E-state index contributed by atoms with van der Waals surface area (Å²) in [6.45, 7) is 18.0. The van der Waals surface area contributed by atoms with E-state index < -0.39 is 0 Å². The number of aromatic nitrogens is 18. The number of hydrogen-bond donors (Lipinski definition) is 13. The van der Waals surface area contributed by atoms with Gasteiger partial charge in [-0.3, -0.25) is 28.8 Å². The van der Waals surface area contributed by atoms with E-state index in [2.05, 4.69) is 148 Å². The highest BCUT2D eigenvalue weighted by molar-refractivity contribution is 8.00. The van der Waals surface area contributed by atoms with Crippen LogP contribution in [0.4, 0.5) is 71.4 Å². The predicted octanol–water partition coefficient (Wildman–Crippen LogP) is 8.32. The van der Waals surface area contributed by atoms with Crippen molar-refractivity contribution in [2.75, 3.05) is 217 Å². The number of thioether (sulfide) groups is 6. The Morgan fingerprint density at radius 3 is 0.562 bits per heavy atom. The second-order valence-electron chi connectivity index (χ2n) is 25.6. The zero-order chi connectivity index (χ0) is 86.5. The zero-order valence-corrected chi connectivity index (χ0v) is 74.7. The van der Waals surface area contributed by atoms with Crippen LogP contribution in [0.25, 0.3) is 0 Å². The van der Waals surface area contributed by atoms with Crippen molar-refractivity contribution in [1.29, 1.82) is 0 Å². The van der Waals surface area contributed by atoms with Gasteiger partial charge in [-0.2, -0.15) is 89.7 Å². The van der Waals surface area contributed by atoms with Gasteiger partial charge in [-0.1, -0.05) is 151 Å². The van der Waals surface area contributed by atoms with Crippen LogP contribution in [0.15, 0.2) is 30.9 Å². The molecular weight excluding hydrogens is 1680 g/mol. The predicted molar refractivity (Wildman–Crippen MR) is 473 cm³/mol. The molecule has 0 aliphatic rings. The van der Waals surface area contributed by atoms with Crippen LogP contribution >= 0.6 is 70.6 Å². The summed E-state index contributed by atoms with van der Waals surface area (Å²) in [4.78, 5) is 157. The molecule has 15 N–H and O–H groups in total. The molecule has 43 nitrogen and oxygen atoms in total. The molecule has 0 aromatic carbocycles. The summed E-state index contributed by atoms with van der Waals surface area (Å²) in [5.74, 6) is 3.15. The van der Waals surface area contributed by atoms with E-state index in [0.29, 0.717) is 156 Å². The van der Waals surface area contributed by atoms with Crippen molar-refractivity contribution in [2.24, 2.45) is 5.73 Å². The number of carbonyl (C=O) groups is 6. The quantitative estimate of drug-likeness (QED) is 0.00738. The molecule has 6 aromatic heterocycles. The molecule has 6 rings (SSSR count). The van der Waals surface area contributed by atoms with Gasteiger partial charge in [0.15, 0.2) is 30.9 Å². The number of ether oxygens (including phenoxy) is 6. The van der Waals surface area contributed by atoms with E-state index in [1.54, 1.807) is 0 Å². The molecule has 0 saturated heterocycles. The lowest BCUT2D eigenvalue weighted by Crippen LogP contribution is -2.21. The van der Waals surface area contributed by atoms with E-state index in [0.717, 1.165) is 77.0 Å².